The van der Waals surface area contributed by atoms with E-state index in [1.54, 1.807) is 4.31 Å². The molecule has 2 rings (SSSR count). The van der Waals surface area contributed by atoms with Gasteiger partial charge < -0.3 is 0 Å². The molecule has 0 aromatic heterocycles. The van der Waals surface area contributed by atoms with E-state index in [9.17, 15) is 8.42 Å². The van der Waals surface area contributed by atoms with Gasteiger partial charge >= 0.3 is 0 Å². The van der Waals surface area contributed by atoms with Gasteiger partial charge in [-0.2, -0.15) is 17.4 Å². The zero-order chi connectivity index (χ0) is 15.3. The Hall–Kier alpha value is -0.910. The highest BCUT2D eigenvalue weighted by Crippen LogP contribution is 2.19. The predicted molar refractivity (Wildman–Crippen MR) is 86.3 cm³/mol. The highest BCUT2D eigenvalue weighted by molar-refractivity contribution is 7.87. The van der Waals surface area contributed by atoms with Crippen LogP contribution < -0.4 is 4.72 Å². The second-order valence-electron chi connectivity index (χ2n) is 6.00. The molecular formula is C16H26N2O2S. The van der Waals surface area contributed by atoms with Gasteiger partial charge in [-0.1, -0.05) is 36.8 Å². The molecule has 1 N–H and O–H groups in total. The first-order valence-electron chi connectivity index (χ1n) is 7.82. The first-order valence-corrected chi connectivity index (χ1v) is 9.26. The minimum atomic E-state index is -3.35. The van der Waals surface area contributed by atoms with Gasteiger partial charge in [-0.3, -0.25) is 0 Å². The molecule has 0 unspecified atom stereocenters. The second-order valence-corrected chi connectivity index (χ2v) is 7.66. The summed E-state index contributed by atoms with van der Waals surface area (Å²) in [5.74, 6) is 0. The summed E-state index contributed by atoms with van der Waals surface area (Å²) in [5.41, 5.74) is 1.25. The van der Waals surface area contributed by atoms with Gasteiger partial charge in [0, 0.05) is 18.6 Å². The van der Waals surface area contributed by atoms with E-state index in [0.29, 0.717) is 6.54 Å². The second kappa shape index (κ2) is 7.38. The van der Waals surface area contributed by atoms with Crippen molar-refractivity contribution in [2.24, 2.45) is 0 Å². The van der Waals surface area contributed by atoms with Gasteiger partial charge in [0.05, 0.1) is 0 Å². The molecule has 1 aliphatic rings. The van der Waals surface area contributed by atoms with Crippen LogP contribution in [0.15, 0.2) is 30.3 Å². The molecule has 1 heterocycles. The van der Waals surface area contributed by atoms with Crippen molar-refractivity contribution in [1.82, 2.24) is 9.03 Å². The van der Waals surface area contributed by atoms with Crippen molar-refractivity contribution in [2.45, 2.75) is 58.0 Å². The minimum Gasteiger partial charge on any atom is -0.199 e. The first-order chi connectivity index (χ1) is 9.99. The van der Waals surface area contributed by atoms with Gasteiger partial charge in [-0.15, -0.1) is 0 Å². The van der Waals surface area contributed by atoms with Crippen LogP contribution in [0.2, 0.25) is 0 Å². The number of rotatable bonds is 6. The van der Waals surface area contributed by atoms with Crippen LogP contribution in [0.25, 0.3) is 0 Å². The molecule has 0 aliphatic carbocycles. The number of aryl methyl sites for hydroxylation is 1. The van der Waals surface area contributed by atoms with Crippen LogP contribution in [0.5, 0.6) is 0 Å². The Bertz CT molecular complexity index is 530. The van der Waals surface area contributed by atoms with Crippen LogP contribution >= 0.6 is 0 Å². The molecule has 1 saturated heterocycles. The Balaban J connectivity index is 1.87. The number of hydrogen-bond acceptors (Lipinski definition) is 2. The van der Waals surface area contributed by atoms with E-state index in [2.05, 4.69) is 16.9 Å². The van der Waals surface area contributed by atoms with Crippen LogP contribution in [0.4, 0.5) is 0 Å². The molecule has 5 heteroatoms. The smallest absolute Gasteiger partial charge is 0.199 e. The van der Waals surface area contributed by atoms with Crippen molar-refractivity contribution in [3.8, 4) is 0 Å². The number of benzene rings is 1. The van der Waals surface area contributed by atoms with Crippen molar-refractivity contribution in [3.63, 3.8) is 0 Å². The molecule has 0 bridgehead atoms. The molecular weight excluding hydrogens is 284 g/mol. The van der Waals surface area contributed by atoms with E-state index >= 15 is 0 Å². The van der Waals surface area contributed by atoms with E-state index in [0.717, 1.165) is 32.1 Å². The molecule has 1 aromatic carbocycles. The molecule has 118 valence electrons. The van der Waals surface area contributed by atoms with Crippen LogP contribution in [0, 0.1) is 0 Å². The zero-order valence-corrected chi connectivity index (χ0v) is 13.8. The van der Waals surface area contributed by atoms with E-state index in [4.69, 9.17) is 0 Å². The third-order valence-electron chi connectivity index (χ3n) is 4.11. The maximum Gasteiger partial charge on any atom is 0.279 e. The molecule has 0 amide bonds. The van der Waals surface area contributed by atoms with Gasteiger partial charge in [-0.25, -0.2) is 0 Å². The van der Waals surface area contributed by atoms with Crippen LogP contribution in [-0.4, -0.2) is 31.4 Å². The Labute approximate surface area is 128 Å². The number of nitrogens with zero attached hydrogens (tertiary/aromatic N) is 1. The van der Waals surface area contributed by atoms with E-state index in [1.807, 2.05) is 32.0 Å². The Kier molecular flexibility index (Phi) is 5.79. The molecule has 0 saturated carbocycles. The average molecular weight is 310 g/mol. The Morgan fingerprint density at radius 3 is 2.67 bits per heavy atom. The lowest BCUT2D eigenvalue weighted by atomic mass is 10.1. The molecule has 21 heavy (non-hydrogen) atoms. The third-order valence-corrected chi connectivity index (χ3v) is 5.97. The van der Waals surface area contributed by atoms with Crippen molar-refractivity contribution in [2.75, 3.05) is 6.54 Å². The fourth-order valence-electron chi connectivity index (χ4n) is 2.84. The lowest BCUT2D eigenvalue weighted by Crippen LogP contribution is -2.50. The third kappa shape index (κ3) is 4.80. The standard InChI is InChI=1S/C16H26N2O2S/c1-14(11-12-16-9-4-3-5-10-16)17-21(19,20)18-13-7-6-8-15(18)2/h3-5,9-10,14-15,17H,6-8,11-13H2,1-2H3/t14-,15+/m1/s1. The predicted octanol–water partition coefficient (Wildman–Crippen LogP) is 2.72. The molecule has 4 nitrogen and oxygen atoms in total. The number of nitrogens with one attached hydrogen (secondary N) is 1. The number of piperidine rings is 1. The maximum atomic E-state index is 12.4. The summed E-state index contributed by atoms with van der Waals surface area (Å²) in [4.78, 5) is 0. The summed E-state index contributed by atoms with van der Waals surface area (Å²) >= 11 is 0. The molecule has 0 radical (unpaired) electrons. The quantitative estimate of drug-likeness (QED) is 0.878. The Morgan fingerprint density at radius 1 is 1.29 bits per heavy atom. The molecule has 1 aromatic rings. The fourth-order valence-corrected chi connectivity index (χ4v) is 4.55. The largest absolute Gasteiger partial charge is 0.279 e. The molecule has 1 fully saturated rings. The SMILES string of the molecule is C[C@H](CCc1ccccc1)NS(=O)(=O)N1CCCC[C@@H]1C. The lowest BCUT2D eigenvalue weighted by Gasteiger charge is -2.33. The van der Waals surface area contributed by atoms with E-state index in [1.165, 1.54) is 5.56 Å². The summed E-state index contributed by atoms with van der Waals surface area (Å²) in [7, 11) is -3.35. The van der Waals surface area contributed by atoms with Crippen LogP contribution in [0.1, 0.15) is 45.1 Å². The molecule has 2 atom stereocenters. The lowest BCUT2D eigenvalue weighted by molar-refractivity contribution is 0.263. The van der Waals surface area contributed by atoms with Crippen molar-refractivity contribution < 1.29 is 8.42 Å². The highest BCUT2D eigenvalue weighted by atomic mass is 32.2. The fraction of sp³-hybridized carbons (Fsp3) is 0.625. The average Bonchev–Trinajstić information content (AvgIpc) is 2.46. The van der Waals surface area contributed by atoms with Crippen LogP contribution in [-0.2, 0) is 16.6 Å². The van der Waals surface area contributed by atoms with E-state index < -0.39 is 10.2 Å². The summed E-state index contributed by atoms with van der Waals surface area (Å²) in [6, 6.07) is 10.2. The zero-order valence-electron chi connectivity index (χ0n) is 13.0. The maximum absolute atomic E-state index is 12.4. The van der Waals surface area contributed by atoms with Crippen molar-refractivity contribution >= 4 is 10.2 Å². The summed E-state index contributed by atoms with van der Waals surface area (Å²) in [6.07, 6.45) is 4.74. The molecule has 1 aliphatic heterocycles. The first kappa shape index (κ1) is 16.5. The van der Waals surface area contributed by atoms with Crippen molar-refractivity contribution in [1.29, 1.82) is 0 Å². The van der Waals surface area contributed by atoms with Gasteiger partial charge in [0.2, 0.25) is 0 Å². The number of hydrogen-bond donors (Lipinski definition) is 1. The van der Waals surface area contributed by atoms with Gasteiger partial charge in [0.15, 0.2) is 0 Å². The van der Waals surface area contributed by atoms with E-state index in [-0.39, 0.29) is 12.1 Å². The topological polar surface area (TPSA) is 49.4 Å². The monoisotopic (exact) mass is 310 g/mol. The summed E-state index contributed by atoms with van der Waals surface area (Å²) < 4.78 is 29.3. The minimum absolute atomic E-state index is 0.0515. The van der Waals surface area contributed by atoms with Gasteiger partial charge in [0.25, 0.3) is 10.2 Å². The summed E-state index contributed by atoms with van der Waals surface area (Å²) in [5, 5.41) is 0. The molecule has 0 spiro atoms. The normalized spacial score (nSPS) is 22.1. The van der Waals surface area contributed by atoms with Gasteiger partial charge in [0.1, 0.15) is 0 Å². The highest BCUT2D eigenvalue weighted by Gasteiger charge is 2.30. The summed E-state index contributed by atoms with van der Waals surface area (Å²) in [6.45, 7) is 4.57. The Morgan fingerprint density at radius 2 is 2.00 bits per heavy atom. The van der Waals surface area contributed by atoms with Crippen molar-refractivity contribution in [3.05, 3.63) is 35.9 Å². The van der Waals surface area contributed by atoms with Crippen LogP contribution in [0.3, 0.4) is 0 Å². The van der Waals surface area contributed by atoms with Gasteiger partial charge in [-0.05, 0) is 45.1 Å².